The van der Waals surface area contributed by atoms with Gasteiger partial charge in [-0.2, -0.15) is 0 Å². The number of nitrogens with one attached hydrogen (secondary N) is 1. The third-order valence-corrected chi connectivity index (χ3v) is 5.11. The molecule has 2 aromatic rings. The Bertz CT molecular complexity index is 820. The van der Waals surface area contributed by atoms with Crippen molar-refractivity contribution in [3.05, 3.63) is 53.6 Å². The molecule has 0 fully saturated rings. The molecule has 0 radical (unpaired) electrons. The summed E-state index contributed by atoms with van der Waals surface area (Å²) in [4.78, 5) is 0.199. The molecule has 0 bridgehead atoms. The molecule has 142 valence electrons. The number of sulfonamides is 1. The summed E-state index contributed by atoms with van der Waals surface area (Å²) in [5.74, 6) is 1.36. The van der Waals surface area contributed by atoms with Crippen LogP contribution in [0.5, 0.6) is 11.5 Å². The van der Waals surface area contributed by atoms with Gasteiger partial charge in [0.05, 0.1) is 11.5 Å². The predicted octanol–water partition coefficient (Wildman–Crippen LogP) is 2.69. The lowest BCUT2D eigenvalue weighted by Gasteiger charge is -2.12. The fourth-order valence-electron chi connectivity index (χ4n) is 2.32. The first-order valence-corrected chi connectivity index (χ1v) is 9.82. The highest BCUT2D eigenvalue weighted by atomic mass is 32.2. The maximum atomic E-state index is 12.4. The summed E-state index contributed by atoms with van der Waals surface area (Å²) in [6.45, 7) is 5.10. The van der Waals surface area contributed by atoms with E-state index in [2.05, 4.69) is 4.72 Å². The van der Waals surface area contributed by atoms with Crippen molar-refractivity contribution in [2.75, 3.05) is 33.5 Å². The zero-order valence-electron chi connectivity index (χ0n) is 15.3. The molecular weight excluding hydrogens is 354 g/mol. The molecule has 6 nitrogen and oxygen atoms in total. The molecule has 0 aliphatic rings. The fourth-order valence-corrected chi connectivity index (χ4v) is 3.42. The molecule has 1 N–H and O–H groups in total. The maximum absolute atomic E-state index is 12.4. The van der Waals surface area contributed by atoms with Crippen LogP contribution >= 0.6 is 0 Å². The van der Waals surface area contributed by atoms with Gasteiger partial charge in [-0.05, 0) is 55.3 Å². The van der Waals surface area contributed by atoms with Crippen LogP contribution in [-0.4, -0.2) is 41.9 Å². The second-order valence-corrected chi connectivity index (χ2v) is 7.60. The number of ether oxygens (including phenoxy) is 3. The third kappa shape index (κ3) is 6.01. The highest BCUT2D eigenvalue weighted by molar-refractivity contribution is 7.89. The minimum atomic E-state index is -3.60. The van der Waals surface area contributed by atoms with Crippen LogP contribution in [0.25, 0.3) is 0 Å². The largest absolute Gasteiger partial charge is 0.492 e. The number of hydrogen-bond acceptors (Lipinski definition) is 5. The van der Waals surface area contributed by atoms with Crippen molar-refractivity contribution >= 4 is 10.0 Å². The lowest BCUT2D eigenvalue weighted by Crippen LogP contribution is -2.28. The highest BCUT2D eigenvalue weighted by Gasteiger charge is 2.15. The van der Waals surface area contributed by atoms with Gasteiger partial charge < -0.3 is 14.2 Å². The van der Waals surface area contributed by atoms with E-state index in [0.717, 1.165) is 16.9 Å². The molecule has 0 aromatic heterocycles. The molecule has 26 heavy (non-hydrogen) atoms. The predicted molar refractivity (Wildman–Crippen MR) is 100 cm³/mol. The summed E-state index contributed by atoms with van der Waals surface area (Å²) in [6, 6.07) is 12.4. The van der Waals surface area contributed by atoms with E-state index in [4.69, 9.17) is 14.2 Å². The summed E-state index contributed by atoms with van der Waals surface area (Å²) < 4.78 is 43.4. The van der Waals surface area contributed by atoms with Crippen LogP contribution in [0.3, 0.4) is 0 Å². The van der Waals surface area contributed by atoms with Crippen molar-refractivity contribution in [3.63, 3.8) is 0 Å². The van der Waals surface area contributed by atoms with Crippen LogP contribution in [0.15, 0.2) is 47.4 Å². The second kappa shape index (κ2) is 9.56. The van der Waals surface area contributed by atoms with Crippen LogP contribution < -0.4 is 14.2 Å². The first kappa shape index (κ1) is 20.2. The molecule has 2 rings (SSSR count). The van der Waals surface area contributed by atoms with E-state index in [0.29, 0.717) is 19.0 Å². The van der Waals surface area contributed by atoms with Crippen molar-refractivity contribution in [2.45, 2.75) is 18.7 Å². The standard InChI is InChI=1S/C19H25NO5S/c1-15-5-4-6-17(13-15)24-10-9-20-26(21,22)18-7-8-19(16(2)14-18)25-12-11-23-3/h4-8,13-14,20H,9-12H2,1-3H3. The SMILES string of the molecule is COCCOc1ccc(S(=O)(=O)NCCOc2cccc(C)c2)cc1C. The lowest BCUT2D eigenvalue weighted by molar-refractivity contribution is 0.146. The summed E-state index contributed by atoms with van der Waals surface area (Å²) in [5.41, 5.74) is 1.84. The Morgan fingerprint density at radius 3 is 2.46 bits per heavy atom. The maximum Gasteiger partial charge on any atom is 0.240 e. The Labute approximate surface area is 155 Å². The second-order valence-electron chi connectivity index (χ2n) is 5.83. The summed E-state index contributed by atoms with van der Waals surface area (Å²) in [7, 11) is -2.00. The van der Waals surface area contributed by atoms with E-state index in [-0.39, 0.29) is 18.0 Å². The topological polar surface area (TPSA) is 73.9 Å². The summed E-state index contributed by atoms with van der Waals surface area (Å²) in [5, 5.41) is 0. The van der Waals surface area contributed by atoms with Crippen LogP contribution in [0.4, 0.5) is 0 Å². The molecule has 0 aliphatic carbocycles. The van der Waals surface area contributed by atoms with Crippen molar-refractivity contribution < 1.29 is 22.6 Å². The van der Waals surface area contributed by atoms with Crippen LogP contribution in [-0.2, 0) is 14.8 Å². The molecule has 0 saturated heterocycles. The van der Waals surface area contributed by atoms with E-state index < -0.39 is 10.0 Å². The van der Waals surface area contributed by atoms with Gasteiger partial charge >= 0.3 is 0 Å². The van der Waals surface area contributed by atoms with Crippen molar-refractivity contribution in [2.24, 2.45) is 0 Å². The number of hydrogen-bond donors (Lipinski definition) is 1. The number of rotatable bonds is 10. The lowest BCUT2D eigenvalue weighted by atomic mass is 10.2. The Morgan fingerprint density at radius 1 is 0.962 bits per heavy atom. The monoisotopic (exact) mass is 379 g/mol. The van der Waals surface area contributed by atoms with E-state index in [1.807, 2.05) is 38.1 Å². The van der Waals surface area contributed by atoms with Crippen LogP contribution in [0.2, 0.25) is 0 Å². The molecular formula is C19H25NO5S. The molecule has 0 saturated carbocycles. The first-order valence-electron chi connectivity index (χ1n) is 8.34. The first-order chi connectivity index (χ1) is 12.4. The van der Waals surface area contributed by atoms with Crippen molar-refractivity contribution in [1.29, 1.82) is 0 Å². The van der Waals surface area contributed by atoms with Gasteiger partial charge in [0, 0.05) is 13.7 Å². The minimum absolute atomic E-state index is 0.182. The smallest absolute Gasteiger partial charge is 0.240 e. The van der Waals surface area contributed by atoms with Crippen LogP contribution in [0, 0.1) is 13.8 Å². The summed E-state index contributed by atoms with van der Waals surface area (Å²) >= 11 is 0. The fraction of sp³-hybridized carbons (Fsp3) is 0.368. The van der Waals surface area contributed by atoms with Crippen molar-refractivity contribution in [1.82, 2.24) is 4.72 Å². The van der Waals surface area contributed by atoms with Gasteiger partial charge in [-0.1, -0.05) is 12.1 Å². The molecule has 0 heterocycles. The molecule has 7 heteroatoms. The molecule has 2 aromatic carbocycles. The van der Waals surface area contributed by atoms with Crippen LogP contribution in [0.1, 0.15) is 11.1 Å². The van der Waals surface area contributed by atoms with E-state index in [1.165, 1.54) is 6.07 Å². The van der Waals surface area contributed by atoms with Gasteiger partial charge in [0.25, 0.3) is 0 Å². The van der Waals surface area contributed by atoms with E-state index >= 15 is 0 Å². The molecule has 0 amide bonds. The quantitative estimate of drug-likeness (QED) is 0.643. The molecule has 0 aliphatic heterocycles. The van der Waals surface area contributed by atoms with Gasteiger partial charge in [0.15, 0.2) is 0 Å². The van der Waals surface area contributed by atoms with Gasteiger partial charge in [-0.15, -0.1) is 0 Å². The Hall–Kier alpha value is -2.09. The molecule has 0 unspecified atom stereocenters. The van der Waals surface area contributed by atoms with Gasteiger partial charge in [-0.25, -0.2) is 13.1 Å². The van der Waals surface area contributed by atoms with Crippen molar-refractivity contribution in [3.8, 4) is 11.5 Å². The zero-order chi connectivity index (χ0) is 19.0. The van der Waals surface area contributed by atoms with E-state index in [1.54, 1.807) is 19.2 Å². The normalized spacial score (nSPS) is 11.3. The molecule has 0 spiro atoms. The summed E-state index contributed by atoms with van der Waals surface area (Å²) in [6.07, 6.45) is 0. The Morgan fingerprint density at radius 2 is 1.77 bits per heavy atom. The molecule has 0 atom stereocenters. The Balaban J connectivity index is 1.89. The van der Waals surface area contributed by atoms with Gasteiger partial charge in [-0.3, -0.25) is 0 Å². The average molecular weight is 379 g/mol. The van der Waals surface area contributed by atoms with E-state index in [9.17, 15) is 8.42 Å². The average Bonchev–Trinajstić information content (AvgIpc) is 2.60. The van der Waals surface area contributed by atoms with Gasteiger partial charge in [0.2, 0.25) is 10.0 Å². The van der Waals surface area contributed by atoms with Gasteiger partial charge in [0.1, 0.15) is 24.7 Å². The Kier molecular flexibility index (Phi) is 7.44. The number of aryl methyl sites for hydroxylation is 2. The highest BCUT2D eigenvalue weighted by Crippen LogP contribution is 2.21. The minimum Gasteiger partial charge on any atom is -0.492 e. The number of methoxy groups -OCH3 is 1. The zero-order valence-corrected chi connectivity index (χ0v) is 16.1. The number of benzene rings is 2. The third-order valence-electron chi connectivity index (χ3n) is 3.65.